The summed E-state index contributed by atoms with van der Waals surface area (Å²) in [6.45, 7) is 4.64. The molecule has 2 fully saturated rings. The minimum Gasteiger partial charge on any atom is -0.480 e. The molecule has 2 heterocycles. The summed E-state index contributed by atoms with van der Waals surface area (Å²) < 4.78 is 5.39. The lowest BCUT2D eigenvalue weighted by molar-refractivity contribution is -0.144. The van der Waals surface area contributed by atoms with Crippen LogP contribution in [0.4, 0.5) is 0 Å². The molecule has 0 aliphatic carbocycles. The fourth-order valence-corrected chi connectivity index (χ4v) is 2.81. The zero-order valence-corrected chi connectivity index (χ0v) is 9.19. The second kappa shape index (κ2) is 4.49. The molecule has 0 bridgehead atoms. The number of hydrogen-bond donors (Lipinski definition) is 1. The zero-order valence-electron chi connectivity index (χ0n) is 9.19. The summed E-state index contributed by atoms with van der Waals surface area (Å²) in [7, 11) is 0. The van der Waals surface area contributed by atoms with Gasteiger partial charge >= 0.3 is 5.97 Å². The Hall–Kier alpha value is -0.610. The Bertz CT molecular complexity index is 244. The lowest BCUT2D eigenvalue weighted by atomic mass is 9.95. The molecule has 2 rings (SSSR count). The van der Waals surface area contributed by atoms with Gasteiger partial charge in [0.2, 0.25) is 0 Å². The number of carbonyl (C=O) groups is 1. The summed E-state index contributed by atoms with van der Waals surface area (Å²) in [6.07, 6.45) is 2.80. The Kier molecular flexibility index (Phi) is 3.26. The van der Waals surface area contributed by atoms with Gasteiger partial charge < -0.3 is 9.84 Å². The first-order valence-corrected chi connectivity index (χ1v) is 5.76. The van der Waals surface area contributed by atoms with Crippen LogP contribution in [0, 0.1) is 5.92 Å². The molecular formula is C11H19NO3. The molecule has 0 saturated carbocycles. The molecule has 0 radical (unpaired) electrons. The van der Waals surface area contributed by atoms with Gasteiger partial charge in [-0.3, -0.25) is 9.69 Å². The predicted molar refractivity (Wildman–Crippen MR) is 55.8 cm³/mol. The van der Waals surface area contributed by atoms with Gasteiger partial charge in [0.25, 0.3) is 0 Å². The number of hydrogen-bond acceptors (Lipinski definition) is 3. The number of aliphatic carboxylic acids is 1. The molecular weight excluding hydrogens is 194 g/mol. The molecule has 2 saturated heterocycles. The largest absolute Gasteiger partial charge is 0.480 e. The Morgan fingerprint density at radius 2 is 2.27 bits per heavy atom. The quantitative estimate of drug-likeness (QED) is 0.742. The number of nitrogens with zero attached hydrogens (tertiary/aromatic N) is 1. The maximum absolute atomic E-state index is 11.1. The number of ether oxygens (including phenoxy) is 1. The van der Waals surface area contributed by atoms with Crippen molar-refractivity contribution in [3.05, 3.63) is 0 Å². The van der Waals surface area contributed by atoms with Gasteiger partial charge in [-0.25, -0.2) is 0 Å². The lowest BCUT2D eigenvalue weighted by Gasteiger charge is -2.38. The summed E-state index contributed by atoms with van der Waals surface area (Å²) in [5, 5.41) is 9.13. The van der Waals surface area contributed by atoms with Crippen molar-refractivity contribution in [1.82, 2.24) is 4.90 Å². The van der Waals surface area contributed by atoms with Gasteiger partial charge in [-0.1, -0.05) is 6.92 Å². The third-order valence-electron chi connectivity index (χ3n) is 3.60. The van der Waals surface area contributed by atoms with Gasteiger partial charge in [0.15, 0.2) is 0 Å². The Morgan fingerprint density at radius 3 is 2.93 bits per heavy atom. The van der Waals surface area contributed by atoms with Crippen LogP contribution in [0.5, 0.6) is 0 Å². The SMILES string of the molecule is CC1COCCC1N1CCCC1C(=O)O. The van der Waals surface area contributed by atoms with E-state index in [1.54, 1.807) is 0 Å². The molecule has 15 heavy (non-hydrogen) atoms. The third kappa shape index (κ3) is 2.16. The van der Waals surface area contributed by atoms with Gasteiger partial charge in [0.1, 0.15) is 6.04 Å². The van der Waals surface area contributed by atoms with Crippen molar-refractivity contribution >= 4 is 5.97 Å². The number of rotatable bonds is 2. The number of likely N-dealkylation sites (tertiary alicyclic amines) is 1. The van der Waals surface area contributed by atoms with E-state index in [-0.39, 0.29) is 6.04 Å². The minimum atomic E-state index is -0.661. The molecule has 2 aliphatic rings. The van der Waals surface area contributed by atoms with E-state index in [1.807, 2.05) is 0 Å². The highest BCUT2D eigenvalue weighted by atomic mass is 16.5. The Morgan fingerprint density at radius 1 is 1.47 bits per heavy atom. The fraction of sp³-hybridized carbons (Fsp3) is 0.909. The second-order valence-corrected chi connectivity index (χ2v) is 4.64. The first-order valence-electron chi connectivity index (χ1n) is 5.76. The molecule has 3 atom stereocenters. The van der Waals surface area contributed by atoms with Gasteiger partial charge in [-0.15, -0.1) is 0 Å². The summed E-state index contributed by atoms with van der Waals surface area (Å²) in [6, 6.07) is 0.151. The highest BCUT2D eigenvalue weighted by molar-refractivity contribution is 5.73. The van der Waals surface area contributed by atoms with E-state index in [9.17, 15) is 4.79 Å². The lowest BCUT2D eigenvalue weighted by Crippen LogP contribution is -2.49. The molecule has 1 N–H and O–H groups in total. The molecule has 4 heteroatoms. The van der Waals surface area contributed by atoms with Gasteiger partial charge in [-0.2, -0.15) is 0 Å². The first-order chi connectivity index (χ1) is 7.20. The molecule has 0 aromatic rings. The smallest absolute Gasteiger partial charge is 0.320 e. The average molecular weight is 213 g/mol. The van der Waals surface area contributed by atoms with Crippen molar-refractivity contribution < 1.29 is 14.6 Å². The van der Waals surface area contributed by atoms with E-state index in [2.05, 4.69) is 11.8 Å². The van der Waals surface area contributed by atoms with Gasteiger partial charge in [-0.05, 0) is 31.7 Å². The summed E-state index contributed by atoms with van der Waals surface area (Å²) in [5.74, 6) is -0.204. The zero-order chi connectivity index (χ0) is 10.8. The molecule has 3 unspecified atom stereocenters. The Labute approximate surface area is 90.2 Å². The maximum atomic E-state index is 11.1. The van der Waals surface area contributed by atoms with Crippen LogP contribution in [-0.4, -0.2) is 47.8 Å². The van der Waals surface area contributed by atoms with Gasteiger partial charge in [0, 0.05) is 12.6 Å². The van der Waals surface area contributed by atoms with Crippen LogP contribution in [0.25, 0.3) is 0 Å². The fourth-order valence-electron chi connectivity index (χ4n) is 2.81. The highest BCUT2D eigenvalue weighted by Gasteiger charge is 2.38. The van der Waals surface area contributed by atoms with Crippen molar-refractivity contribution in [2.45, 2.75) is 38.3 Å². The van der Waals surface area contributed by atoms with Crippen LogP contribution in [0.1, 0.15) is 26.2 Å². The molecule has 2 aliphatic heterocycles. The minimum absolute atomic E-state index is 0.254. The third-order valence-corrected chi connectivity index (χ3v) is 3.60. The van der Waals surface area contributed by atoms with E-state index in [0.29, 0.717) is 12.0 Å². The van der Waals surface area contributed by atoms with Crippen LogP contribution in [0.2, 0.25) is 0 Å². The van der Waals surface area contributed by atoms with E-state index < -0.39 is 5.97 Å². The highest BCUT2D eigenvalue weighted by Crippen LogP contribution is 2.28. The summed E-state index contributed by atoms with van der Waals surface area (Å²) >= 11 is 0. The van der Waals surface area contributed by atoms with Crippen molar-refractivity contribution in [3.63, 3.8) is 0 Å². The van der Waals surface area contributed by atoms with Crippen LogP contribution >= 0.6 is 0 Å². The first kappa shape index (κ1) is 10.9. The molecule has 0 amide bonds. The van der Waals surface area contributed by atoms with Crippen LogP contribution in [0.15, 0.2) is 0 Å². The molecule has 0 spiro atoms. The maximum Gasteiger partial charge on any atom is 0.320 e. The van der Waals surface area contributed by atoms with Crippen molar-refractivity contribution in [2.75, 3.05) is 19.8 Å². The molecule has 0 aromatic heterocycles. The van der Waals surface area contributed by atoms with Crippen molar-refractivity contribution in [3.8, 4) is 0 Å². The normalized spacial score (nSPS) is 38.1. The number of carboxylic acid groups (broad SMARTS) is 1. The standard InChI is InChI=1S/C11H19NO3/c1-8-7-15-6-4-9(8)12-5-2-3-10(12)11(13)14/h8-10H,2-7H2,1H3,(H,13,14). The summed E-state index contributed by atoms with van der Waals surface area (Å²) in [4.78, 5) is 13.3. The Balaban J connectivity index is 2.04. The topological polar surface area (TPSA) is 49.8 Å². The monoisotopic (exact) mass is 213 g/mol. The van der Waals surface area contributed by atoms with Crippen LogP contribution in [0.3, 0.4) is 0 Å². The molecule has 86 valence electrons. The average Bonchev–Trinajstić information content (AvgIpc) is 2.67. The number of carboxylic acids is 1. The van der Waals surface area contributed by atoms with E-state index in [4.69, 9.17) is 9.84 Å². The summed E-state index contributed by atoms with van der Waals surface area (Å²) in [5.41, 5.74) is 0. The predicted octanol–water partition coefficient (Wildman–Crippen LogP) is 0.960. The second-order valence-electron chi connectivity index (χ2n) is 4.64. The van der Waals surface area contributed by atoms with E-state index in [0.717, 1.165) is 39.0 Å². The molecule has 0 aromatic carbocycles. The van der Waals surface area contributed by atoms with Crippen LogP contribution in [-0.2, 0) is 9.53 Å². The van der Waals surface area contributed by atoms with Crippen LogP contribution < -0.4 is 0 Å². The van der Waals surface area contributed by atoms with Gasteiger partial charge in [0.05, 0.1) is 6.61 Å². The van der Waals surface area contributed by atoms with Crippen molar-refractivity contribution in [1.29, 1.82) is 0 Å². The van der Waals surface area contributed by atoms with E-state index in [1.165, 1.54) is 0 Å². The van der Waals surface area contributed by atoms with Crippen molar-refractivity contribution in [2.24, 2.45) is 5.92 Å². The van der Waals surface area contributed by atoms with E-state index >= 15 is 0 Å². The molecule has 4 nitrogen and oxygen atoms in total.